The summed E-state index contributed by atoms with van der Waals surface area (Å²) in [6, 6.07) is 19.1. The van der Waals surface area contributed by atoms with Crippen LogP contribution in [-0.2, 0) is 0 Å². The third-order valence-corrected chi connectivity index (χ3v) is 4.55. The number of rotatable bonds is 4. The van der Waals surface area contributed by atoms with Crippen molar-refractivity contribution in [1.29, 1.82) is 0 Å². The van der Waals surface area contributed by atoms with Gasteiger partial charge in [-0.25, -0.2) is 4.98 Å². The van der Waals surface area contributed by atoms with Gasteiger partial charge in [0, 0.05) is 29.1 Å². The lowest BCUT2D eigenvalue weighted by molar-refractivity contribution is 0.102. The SMILES string of the molecule is COc1ccn2c(-c3ccc(NC(=O)c4ccccc4C)cc3)cnc2c1. The maximum atomic E-state index is 12.4. The lowest BCUT2D eigenvalue weighted by Gasteiger charge is -2.09. The molecule has 0 aliphatic rings. The molecule has 0 spiro atoms. The molecule has 5 heteroatoms. The minimum atomic E-state index is -0.109. The molecule has 0 saturated heterocycles. The first-order valence-corrected chi connectivity index (χ1v) is 8.64. The summed E-state index contributed by atoms with van der Waals surface area (Å²) < 4.78 is 7.24. The number of imidazole rings is 1. The third-order valence-electron chi connectivity index (χ3n) is 4.55. The molecule has 2 aromatic carbocycles. The number of benzene rings is 2. The Morgan fingerprint density at radius 3 is 2.59 bits per heavy atom. The van der Waals surface area contributed by atoms with Crippen LogP contribution in [0.4, 0.5) is 5.69 Å². The fourth-order valence-corrected chi connectivity index (χ4v) is 3.05. The molecule has 4 rings (SSSR count). The van der Waals surface area contributed by atoms with E-state index in [1.165, 1.54) is 0 Å². The lowest BCUT2D eigenvalue weighted by Crippen LogP contribution is -2.13. The van der Waals surface area contributed by atoms with Crippen molar-refractivity contribution in [2.24, 2.45) is 0 Å². The highest BCUT2D eigenvalue weighted by Crippen LogP contribution is 2.24. The number of nitrogens with zero attached hydrogens (tertiary/aromatic N) is 2. The number of fused-ring (bicyclic) bond motifs is 1. The molecule has 27 heavy (non-hydrogen) atoms. The second kappa shape index (κ2) is 6.96. The molecule has 1 N–H and O–H groups in total. The van der Waals surface area contributed by atoms with Crippen LogP contribution >= 0.6 is 0 Å². The molecule has 0 saturated carbocycles. The maximum Gasteiger partial charge on any atom is 0.255 e. The monoisotopic (exact) mass is 357 g/mol. The fourth-order valence-electron chi connectivity index (χ4n) is 3.05. The number of pyridine rings is 1. The van der Waals surface area contributed by atoms with Gasteiger partial charge in [0.25, 0.3) is 5.91 Å². The highest BCUT2D eigenvalue weighted by molar-refractivity contribution is 6.05. The molecule has 2 heterocycles. The predicted molar refractivity (Wildman–Crippen MR) is 106 cm³/mol. The highest BCUT2D eigenvalue weighted by atomic mass is 16.5. The van der Waals surface area contributed by atoms with E-state index < -0.39 is 0 Å². The lowest BCUT2D eigenvalue weighted by atomic mass is 10.1. The number of methoxy groups -OCH3 is 1. The first kappa shape index (κ1) is 16.8. The van der Waals surface area contributed by atoms with E-state index in [4.69, 9.17) is 4.74 Å². The van der Waals surface area contributed by atoms with Gasteiger partial charge in [0.05, 0.1) is 19.0 Å². The van der Waals surface area contributed by atoms with Crippen LogP contribution in [0, 0.1) is 6.92 Å². The van der Waals surface area contributed by atoms with Gasteiger partial charge in [0.15, 0.2) is 0 Å². The second-order valence-electron chi connectivity index (χ2n) is 6.28. The Kier molecular flexibility index (Phi) is 4.34. The van der Waals surface area contributed by atoms with Crippen LogP contribution in [0.2, 0.25) is 0 Å². The summed E-state index contributed by atoms with van der Waals surface area (Å²) in [5.41, 5.74) is 5.19. The molecule has 134 valence electrons. The van der Waals surface area contributed by atoms with Crippen molar-refractivity contribution in [3.8, 4) is 17.0 Å². The first-order valence-electron chi connectivity index (χ1n) is 8.64. The van der Waals surface area contributed by atoms with Gasteiger partial charge in [-0.3, -0.25) is 9.20 Å². The van der Waals surface area contributed by atoms with Gasteiger partial charge in [-0.15, -0.1) is 0 Å². The van der Waals surface area contributed by atoms with Crippen LogP contribution in [0.3, 0.4) is 0 Å². The Hall–Kier alpha value is -3.60. The van der Waals surface area contributed by atoms with Crippen molar-refractivity contribution >= 4 is 17.2 Å². The molecule has 0 radical (unpaired) electrons. The number of hydrogen-bond acceptors (Lipinski definition) is 3. The van der Waals surface area contributed by atoms with E-state index in [1.54, 1.807) is 7.11 Å². The van der Waals surface area contributed by atoms with Crippen molar-refractivity contribution in [3.63, 3.8) is 0 Å². The average molecular weight is 357 g/mol. The number of anilines is 1. The second-order valence-corrected chi connectivity index (χ2v) is 6.28. The third kappa shape index (κ3) is 3.27. The number of aryl methyl sites for hydroxylation is 1. The minimum absolute atomic E-state index is 0.109. The number of carbonyl (C=O) groups is 1. The predicted octanol–water partition coefficient (Wildman–Crippen LogP) is 4.57. The molecular weight excluding hydrogens is 338 g/mol. The Bertz CT molecular complexity index is 1110. The standard InChI is InChI=1S/C22H19N3O2/c1-15-5-3-4-6-19(15)22(26)24-17-9-7-16(8-10-17)20-14-23-21-13-18(27-2)11-12-25(20)21/h3-14H,1-2H3,(H,24,26). The number of aromatic nitrogens is 2. The zero-order valence-electron chi connectivity index (χ0n) is 15.1. The molecule has 0 atom stereocenters. The van der Waals surface area contributed by atoms with Gasteiger partial charge < -0.3 is 10.1 Å². The first-order chi connectivity index (χ1) is 13.2. The van der Waals surface area contributed by atoms with E-state index in [0.717, 1.165) is 33.9 Å². The van der Waals surface area contributed by atoms with E-state index in [2.05, 4.69) is 10.3 Å². The number of carbonyl (C=O) groups excluding carboxylic acids is 1. The Balaban J connectivity index is 1.58. The van der Waals surface area contributed by atoms with Gasteiger partial charge in [-0.2, -0.15) is 0 Å². The zero-order chi connectivity index (χ0) is 18.8. The van der Waals surface area contributed by atoms with E-state index >= 15 is 0 Å². The van der Waals surface area contributed by atoms with E-state index in [1.807, 2.05) is 84.4 Å². The average Bonchev–Trinajstić information content (AvgIpc) is 3.12. The van der Waals surface area contributed by atoms with E-state index in [9.17, 15) is 4.79 Å². The topological polar surface area (TPSA) is 55.6 Å². The Labute approximate surface area is 157 Å². The zero-order valence-corrected chi connectivity index (χ0v) is 15.1. The molecule has 2 aromatic heterocycles. The van der Waals surface area contributed by atoms with Crippen LogP contribution in [0.5, 0.6) is 5.75 Å². The summed E-state index contributed by atoms with van der Waals surface area (Å²) in [6.07, 6.45) is 3.76. The van der Waals surface area contributed by atoms with E-state index in [0.29, 0.717) is 5.56 Å². The fraction of sp³-hybridized carbons (Fsp3) is 0.0909. The summed E-state index contributed by atoms with van der Waals surface area (Å²) in [7, 11) is 1.64. The molecule has 0 aliphatic carbocycles. The quantitative estimate of drug-likeness (QED) is 0.582. The normalized spacial score (nSPS) is 10.7. The van der Waals surface area contributed by atoms with Crippen molar-refractivity contribution in [2.75, 3.05) is 12.4 Å². The number of amides is 1. The number of nitrogens with one attached hydrogen (secondary N) is 1. The molecule has 0 aliphatic heterocycles. The van der Waals surface area contributed by atoms with Crippen molar-refractivity contribution in [2.45, 2.75) is 6.92 Å². The molecule has 5 nitrogen and oxygen atoms in total. The number of hydrogen-bond donors (Lipinski definition) is 1. The molecule has 0 fully saturated rings. The Morgan fingerprint density at radius 1 is 1.07 bits per heavy atom. The maximum absolute atomic E-state index is 12.4. The molecular formula is C22H19N3O2. The molecule has 0 bridgehead atoms. The molecule has 0 unspecified atom stereocenters. The van der Waals surface area contributed by atoms with Gasteiger partial charge in [0.2, 0.25) is 0 Å². The van der Waals surface area contributed by atoms with Gasteiger partial charge in [-0.1, -0.05) is 30.3 Å². The van der Waals surface area contributed by atoms with Crippen LogP contribution in [0.15, 0.2) is 73.1 Å². The molecule has 4 aromatic rings. The van der Waals surface area contributed by atoms with Gasteiger partial charge in [-0.05, 0) is 36.8 Å². The summed E-state index contributed by atoms with van der Waals surface area (Å²) in [4.78, 5) is 16.9. The minimum Gasteiger partial charge on any atom is -0.497 e. The van der Waals surface area contributed by atoms with Crippen molar-refractivity contribution in [1.82, 2.24) is 9.38 Å². The van der Waals surface area contributed by atoms with Crippen molar-refractivity contribution in [3.05, 3.63) is 84.2 Å². The smallest absolute Gasteiger partial charge is 0.255 e. The summed E-state index contributed by atoms with van der Waals surface area (Å²) in [6.45, 7) is 1.93. The van der Waals surface area contributed by atoms with Crippen LogP contribution in [0.25, 0.3) is 16.9 Å². The number of ether oxygens (including phenoxy) is 1. The van der Waals surface area contributed by atoms with E-state index in [-0.39, 0.29) is 5.91 Å². The van der Waals surface area contributed by atoms with Crippen LogP contribution in [0.1, 0.15) is 15.9 Å². The van der Waals surface area contributed by atoms with Crippen LogP contribution < -0.4 is 10.1 Å². The van der Waals surface area contributed by atoms with Gasteiger partial charge in [0.1, 0.15) is 11.4 Å². The highest BCUT2D eigenvalue weighted by Gasteiger charge is 2.10. The van der Waals surface area contributed by atoms with Crippen LogP contribution in [-0.4, -0.2) is 22.4 Å². The summed E-state index contributed by atoms with van der Waals surface area (Å²) >= 11 is 0. The van der Waals surface area contributed by atoms with Gasteiger partial charge >= 0.3 is 0 Å². The summed E-state index contributed by atoms with van der Waals surface area (Å²) in [5, 5.41) is 2.95. The largest absolute Gasteiger partial charge is 0.497 e. The molecule has 1 amide bonds. The Morgan fingerprint density at radius 2 is 1.85 bits per heavy atom. The summed E-state index contributed by atoms with van der Waals surface area (Å²) in [5.74, 6) is 0.664. The van der Waals surface area contributed by atoms with Crippen molar-refractivity contribution < 1.29 is 9.53 Å².